The first-order valence-corrected chi connectivity index (χ1v) is 10.0. The van der Waals surface area contributed by atoms with Gasteiger partial charge in [-0.25, -0.2) is 4.79 Å². The third-order valence-corrected chi connectivity index (χ3v) is 5.99. The molecule has 5 rings (SSSR count). The molecule has 2 aliphatic rings. The van der Waals surface area contributed by atoms with E-state index in [4.69, 9.17) is 13.6 Å². The number of hydrogen-bond donors (Lipinski definition) is 0. The van der Waals surface area contributed by atoms with Crippen molar-refractivity contribution in [2.75, 3.05) is 7.11 Å². The lowest BCUT2D eigenvalue weighted by Gasteiger charge is -2.21. The summed E-state index contributed by atoms with van der Waals surface area (Å²) in [6.07, 6.45) is 3.62. The van der Waals surface area contributed by atoms with Crippen molar-refractivity contribution in [2.24, 2.45) is 5.92 Å². The Balaban J connectivity index is 1.41. The quantitative estimate of drug-likeness (QED) is 0.558. The summed E-state index contributed by atoms with van der Waals surface area (Å²) in [4.78, 5) is 14.5. The lowest BCUT2D eigenvalue weighted by molar-refractivity contribution is 0.223. The summed E-state index contributed by atoms with van der Waals surface area (Å²) in [5.74, 6) is 4.15. The van der Waals surface area contributed by atoms with Gasteiger partial charge >= 0.3 is 5.63 Å². The van der Waals surface area contributed by atoms with Crippen molar-refractivity contribution in [3.05, 3.63) is 63.9 Å². The minimum Gasteiger partial charge on any atom is -0.497 e. The maximum atomic E-state index is 12.1. The molecule has 5 heteroatoms. The third kappa shape index (κ3) is 3.47. The average molecular weight is 379 g/mol. The monoisotopic (exact) mass is 379 g/mol. The molecule has 0 amide bonds. The molecule has 0 spiro atoms. The molecule has 28 heavy (non-hydrogen) atoms. The number of ether oxygens (including phenoxy) is 1. The van der Waals surface area contributed by atoms with E-state index in [1.54, 1.807) is 19.2 Å². The number of hydrogen-bond acceptors (Lipinski definition) is 5. The van der Waals surface area contributed by atoms with E-state index in [0.29, 0.717) is 29.8 Å². The van der Waals surface area contributed by atoms with Crippen LogP contribution >= 0.6 is 0 Å². The van der Waals surface area contributed by atoms with Gasteiger partial charge in [0.25, 0.3) is 0 Å². The Kier molecular flexibility index (Phi) is 4.27. The topological polar surface area (TPSA) is 55.8 Å². The molecule has 2 heterocycles. The van der Waals surface area contributed by atoms with Gasteiger partial charge in [0.15, 0.2) is 0 Å². The van der Waals surface area contributed by atoms with Crippen LogP contribution in [0.25, 0.3) is 11.0 Å². The Labute approximate surface area is 163 Å². The van der Waals surface area contributed by atoms with Crippen LogP contribution < -0.4 is 10.4 Å². The first-order valence-electron chi connectivity index (χ1n) is 10.0. The summed E-state index contributed by atoms with van der Waals surface area (Å²) in [7, 11) is 1.61. The minimum absolute atomic E-state index is 0.325. The molecule has 0 aliphatic heterocycles. The summed E-state index contributed by atoms with van der Waals surface area (Å²) < 4.78 is 16.8. The highest BCUT2D eigenvalue weighted by molar-refractivity contribution is 5.81. The van der Waals surface area contributed by atoms with Crippen molar-refractivity contribution in [1.82, 2.24) is 4.90 Å². The molecule has 1 aromatic carbocycles. The molecular weight excluding hydrogens is 354 g/mol. The van der Waals surface area contributed by atoms with E-state index in [0.717, 1.165) is 34.9 Å². The van der Waals surface area contributed by atoms with E-state index >= 15 is 0 Å². The number of benzene rings is 1. The number of fused-ring (bicyclic) bond motifs is 1. The van der Waals surface area contributed by atoms with Crippen LogP contribution in [-0.2, 0) is 13.1 Å². The second kappa shape index (κ2) is 6.82. The normalized spacial score (nSPS) is 21.4. The van der Waals surface area contributed by atoms with E-state index in [9.17, 15) is 4.79 Å². The molecule has 2 atom stereocenters. The van der Waals surface area contributed by atoms with E-state index in [1.165, 1.54) is 19.3 Å². The molecular formula is C23H25NO4. The number of nitrogens with zero attached hydrogens (tertiary/aromatic N) is 1. The number of furan rings is 1. The van der Waals surface area contributed by atoms with E-state index < -0.39 is 0 Å². The fraction of sp³-hybridized carbons (Fsp3) is 0.435. The van der Waals surface area contributed by atoms with Crippen LogP contribution in [-0.4, -0.2) is 18.1 Å². The predicted octanol–water partition coefficient (Wildman–Crippen LogP) is 4.68. The standard InChI is InChI=1S/C23H25NO4/c1-14-9-20(14)21-8-6-18(27-21)13-24(16-3-4-16)12-15-10-23(25)28-22-11-17(26-2)5-7-19(15)22/h5-8,10-11,14,16,20H,3-4,9,12-13H2,1-2H3. The van der Waals surface area contributed by atoms with Crippen molar-refractivity contribution < 1.29 is 13.6 Å². The molecule has 2 aliphatic carbocycles. The van der Waals surface area contributed by atoms with Crippen LogP contribution in [0.4, 0.5) is 0 Å². The van der Waals surface area contributed by atoms with Gasteiger partial charge in [-0.05, 0) is 55.0 Å². The second-order valence-corrected chi connectivity index (χ2v) is 8.21. The second-order valence-electron chi connectivity index (χ2n) is 8.21. The van der Waals surface area contributed by atoms with Crippen molar-refractivity contribution in [2.45, 2.75) is 51.2 Å². The van der Waals surface area contributed by atoms with Gasteiger partial charge in [-0.1, -0.05) is 6.92 Å². The molecule has 0 saturated heterocycles. The fourth-order valence-electron chi connectivity index (χ4n) is 4.04. The number of rotatable bonds is 7. The summed E-state index contributed by atoms with van der Waals surface area (Å²) >= 11 is 0. The third-order valence-electron chi connectivity index (χ3n) is 5.99. The molecule has 0 radical (unpaired) electrons. The maximum Gasteiger partial charge on any atom is 0.336 e. The molecule has 2 saturated carbocycles. The lowest BCUT2D eigenvalue weighted by atomic mass is 10.1. The predicted molar refractivity (Wildman–Crippen MR) is 107 cm³/mol. The van der Waals surface area contributed by atoms with Gasteiger partial charge in [0.1, 0.15) is 22.9 Å². The largest absolute Gasteiger partial charge is 0.497 e. The molecule has 3 aromatic rings. The Morgan fingerprint density at radius 2 is 1.93 bits per heavy atom. The lowest BCUT2D eigenvalue weighted by Crippen LogP contribution is -2.25. The minimum atomic E-state index is -0.325. The van der Waals surface area contributed by atoms with Gasteiger partial charge in [-0.3, -0.25) is 4.90 Å². The van der Waals surface area contributed by atoms with Crippen LogP contribution in [0.2, 0.25) is 0 Å². The molecule has 0 bridgehead atoms. The Bertz CT molecular complexity index is 1060. The van der Waals surface area contributed by atoms with Gasteiger partial charge in [-0.15, -0.1) is 0 Å². The first kappa shape index (κ1) is 17.6. The fourth-order valence-corrected chi connectivity index (χ4v) is 4.04. The van der Waals surface area contributed by atoms with E-state index in [1.807, 2.05) is 12.1 Å². The van der Waals surface area contributed by atoms with E-state index in [-0.39, 0.29) is 5.63 Å². The average Bonchev–Trinajstić information content (AvgIpc) is 3.60. The zero-order valence-corrected chi connectivity index (χ0v) is 16.3. The smallest absolute Gasteiger partial charge is 0.336 e. The zero-order valence-electron chi connectivity index (χ0n) is 16.3. The highest BCUT2D eigenvalue weighted by Gasteiger charge is 2.37. The summed E-state index contributed by atoms with van der Waals surface area (Å²) in [6, 6.07) is 12.1. The molecule has 0 N–H and O–H groups in total. The van der Waals surface area contributed by atoms with Gasteiger partial charge in [0.05, 0.1) is 13.7 Å². The van der Waals surface area contributed by atoms with Crippen LogP contribution in [0.1, 0.15) is 49.2 Å². The summed E-state index contributed by atoms with van der Waals surface area (Å²) in [5, 5.41) is 0.956. The van der Waals surface area contributed by atoms with Gasteiger partial charge < -0.3 is 13.6 Å². The van der Waals surface area contributed by atoms with Crippen LogP contribution in [0, 0.1) is 5.92 Å². The highest BCUT2D eigenvalue weighted by atomic mass is 16.5. The molecule has 2 fully saturated rings. The van der Waals surface area contributed by atoms with Gasteiger partial charge in [-0.2, -0.15) is 0 Å². The summed E-state index contributed by atoms with van der Waals surface area (Å²) in [6.45, 7) is 3.74. The Morgan fingerprint density at radius 3 is 2.64 bits per heavy atom. The van der Waals surface area contributed by atoms with E-state index in [2.05, 4.69) is 24.0 Å². The maximum absolute atomic E-state index is 12.1. The number of methoxy groups -OCH3 is 1. The zero-order chi connectivity index (χ0) is 19.3. The van der Waals surface area contributed by atoms with Crippen LogP contribution in [0.3, 0.4) is 0 Å². The Hall–Kier alpha value is -2.53. The molecule has 146 valence electrons. The highest BCUT2D eigenvalue weighted by Crippen LogP contribution is 2.47. The van der Waals surface area contributed by atoms with Crippen molar-refractivity contribution in [1.29, 1.82) is 0 Å². The van der Waals surface area contributed by atoms with Crippen molar-refractivity contribution >= 4 is 11.0 Å². The van der Waals surface area contributed by atoms with Gasteiger partial charge in [0.2, 0.25) is 0 Å². The van der Waals surface area contributed by atoms with Crippen molar-refractivity contribution in [3.63, 3.8) is 0 Å². The molecule has 2 aromatic heterocycles. The SMILES string of the molecule is COc1ccc2c(CN(Cc3ccc(C4CC4C)o3)C3CC3)cc(=O)oc2c1. The van der Waals surface area contributed by atoms with Crippen molar-refractivity contribution in [3.8, 4) is 5.75 Å². The molecule has 2 unspecified atom stereocenters. The van der Waals surface area contributed by atoms with Gasteiger partial charge in [0, 0.05) is 36.0 Å². The summed E-state index contributed by atoms with van der Waals surface area (Å²) in [5.41, 5.74) is 1.23. The van der Waals surface area contributed by atoms with Crippen LogP contribution in [0.5, 0.6) is 5.75 Å². The first-order chi connectivity index (χ1) is 13.6. The Morgan fingerprint density at radius 1 is 1.11 bits per heavy atom. The van der Waals surface area contributed by atoms with Crippen LogP contribution in [0.15, 0.2) is 50.0 Å². The molecule has 5 nitrogen and oxygen atoms in total.